The number of hydrogen-bond donors (Lipinski definition) is 3. The van der Waals surface area contributed by atoms with Crippen LogP contribution in [0.3, 0.4) is 0 Å². The summed E-state index contributed by atoms with van der Waals surface area (Å²) < 4.78 is 31.7. The minimum atomic E-state index is -5.08. The second-order valence-electron chi connectivity index (χ2n) is 8.41. The first-order chi connectivity index (χ1) is 16.1. The number of nitrogens with two attached hydrogens (primary N) is 2. The van der Waals surface area contributed by atoms with E-state index >= 15 is 0 Å². The van der Waals surface area contributed by atoms with Crippen LogP contribution in [0.2, 0.25) is 0 Å². The number of hydrogen-bond acceptors (Lipinski definition) is 8. The minimum absolute atomic E-state index is 0.0148. The van der Waals surface area contributed by atoms with E-state index in [1.165, 1.54) is 12.8 Å². The summed E-state index contributed by atoms with van der Waals surface area (Å²) in [6.07, 6.45) is 3.71. The van der Waals surface area contributed by atoms with E-state index in [-0.39, 0.29) is 11.9 Å². The third-order valence-electron chi connectivity index (χ3n) is 5.71. The Kier molecular flexibility index (Phi) is 10.9. The van der Waals surface area contributed by atoms with Crippen molar-refractivity contribution in [3.63, 3.8) is 0 Å². The number of nitrogens with zero attached hydrogens (tertiary/aromatic N) is 5. The number of amides is 1. The van der Waals surface area contributed by atoms with Gasteiger partial charge in [0.15, 0.2) is 0 Å². The van der Waals surface area contributed by atoms with E-state index in [9.17, 15) is 18.0 Å². The van der Waals surface area contributed by atoms with E-state index in [1.54, 1.807) is 12.4 Å². The number of carboxylic acid groups (broad SMARTS) is 1. The summed E-state index contributed by atoms with van der Waals surface area (Å²) in [5.41, 5.74) is 12.1. The van der Waals surface area contributed by atoms with Crippen LogP contribution in [0.4, 0.5) is 19.1 Å². The molecule has 1 unspecified atom stereocenters. The van der Waals surface area contributed by atoms with Crippen molar-refractivity contribution < 1.29 is 27.9 Å². The van der Waals surface area contributed by atoms with Crippen LogP contribution in [0.1, 0.15) is 42.5 Å². The number of halogens is 3. The van der Waals surface area contributed by atoms with E-state index in [0.29, 0.717) is 18.1 Å². The first-order valence-electron chi connectivity index (χ1n) is 11.5. The molecule has 0 radical (unpaired) electrons. The molecule has 1 atom stereocenters. The summed E-state index contributed by atoms with van der Waals surface area (Å²) in [5.74, 6) is -2.06. The largest absolute Gasteiger partial charge is 0.490 e. The van der Waals surface area contributed by atoms with Gasteiger partial charge in [0.1, 0.15) is 0 Å². The zero-order chi connectivity index (χ0) is 25.1. The minimum Gasteiger partial charge on any atom is -0.475 e. The second kappa shape index (κ2) is 13.4. The zero-order valence-electron chi connectivity index (χ0n) is 19.2. The number of piperidine rings is 1. The van der Waals surface area contributed by atoms with Crippen molar-refractivity contribution in [2.45, 2.75) is 44.3 Å². The monoisotopic (exact) mass is 489 g/mol. The number of likely N-dealkylation sites (tertiary alicyclic amines) is 1. The Morgan fingerprint density at radius 2 is 1.68 bits per heavy atom. The molecule has 2 aliphatic heterocycles. The number of carbonyl (C=O) groups excluding carboxylic acids is 1. The van der Waals surface area contributed by atoms with Crippen LogP contribution in [0.5, 0.6) is 0 Å². The lowest BCUT2D eigenvalue weighted by Gasteiger charge is -2.34. The van der Waals surface area contributed by atoms with Crippen LogP contribution in [-0.4, -0.2) is 101 Å². The molecule has 0 aromatic carbocycles. The maximum absolute atomic E-state index is 12.6. The highest BCUT2D eigenvalue weighted by molar-refractivity contribution is 5.93. The molecular formula is C21H34F3N7O3. The van der Waals surface area contributed by atoms with Gasteiger partial charge in [0.25, 0.3) is 5.91 Å². The van der Waals surface area contributed by atoms with Gasteiger partial charge in [0.05, 0.1) is 5.56 Å². The van der Waals surface area contributed by atoms with Crippen LogP contribution in [0, 0.1) is 0 Å². The van der Waals surface area contributed by atoms with Gasteiger partial charge in [0, 0.05) is 57.7 Å². The molecule has 2 fully saturated rings. The van der Waals surface area contributed by atoms with E-state index in [0.717, 1.165) is 65.1 Å². The fraction of sp³-hybridized carbons (Fsp3) is 0.714. The lowest BCUT2D eigenvalue weighted by atomic mass is 10.1. The maximum Gasteiger partial charge on any atom is 0.490 e. The second-order valence-corrected chi connectivity index (χ2v) is 8.41. The topological polar surface area (TPSA) is 142 Å². The van der Waals surface area contributed by atoms with Gasteiger partial charge in [-0.2, -0.15) is 13.2 Å². The molecular weight excluding hydrogens is 455 g/mol. The Balaban J connectivity index is 0.000000509. The number of carbonyl (C=O) groups is 2. The van der Waals surface area contributed by atoms with Crippen molar-refractivity contribution in [2.24, 2.45) is 11.5 Å². The van der Waals surface area contributed by atoms with Gasteiger partial charge in [-0.05, 0) is 38.8 Å². The summed E-state index contributed by atoms with van der Waals surface area (Å²) >= 11 is 0. The normalized spacial score (nSPS) is 19.4. The average molecular weight is 490 g/mol. The van der Waals surface area contributed by atoms with E-state index < -0.39 is 12.1 Å². The van der Waals surface area contributed by atoms with Gasteiger partial charge >= 0.3 is 12.1 Å². The molecule has 0 bridgehead atoms. The number of piperazine rings is 1. The van der Waals surface area contributed by atoms with Crippen LogP contribution < -0.4 is 16.4 Å². The van der Waals surface area contributed by atoms with Crippen molar-refractivity contribution in [2.75, 3.05) is 57.3 Å². The molecule has 2 aliphatic rings. The molecule has 0 aliphatic carbocycles. The molecule has 1 aromatic heterocycles. The Morgan fingerprint density at radius 1 is 1.06 bits per heavy atom. The van der Waals surface area contributed by atoms with Crippen LogP contribution in [0.25, 0.3) is 0 Å². The molecule has 13 heteroatoms. The van der Waals surface area contributed by atoms with Crippen molar-refractivity contribution in [1.29, 1.82) is 0 Å². The predicted octanol–water partition coefficient (Wildman–Crippen LogP) is 0.924. The fourth-order valence-electron chi connectivity index (χ4n) is 3.80. The highest BCUT2D eigenvalue weighted by atomic mass is 19.4. The summed E-state index contributed by atoms with van der Waals surface area (Å²) in [7, 11) is 0. The Labute approximate surface area is 197 Å². The molecule has 3 heterocycles. The number of aliphatic carboxylic acids is 1. The number of alkyl halides is 3. The molecule has 0 spiro atoms. The number of unbranched alkanes of at least 4 members (excludes halogenated alkanes) is 2. The smallest absolute Gasteiger partial charge is 0.475 e. The highest BCUT2D eigenvalue weighted by Crippen LogP contribution is 2.15. The predicted molar refractivity (Wildman–Crippen MR) is 120 cm³/mol. The summed E-state index contributed by atoms with van der Waals surface area (Å²) in [5, 5.41) is 7.12. The Hall–Kier alpha value is -2.51. The molecule has 0 saturated carbocycles. The van der Waals surface area contributed by atoms with Gasteiger partial charge in [-0.25, -0.2) is 14.8 Å². The quantitative estimate of drug-likeness (QED) is 0.477. The Bertz CT molecular complexity index is 772. The number of anilines is 1. The number of carboxylic acids is 1. The SMILES string of the molecule is NCCCCCN1CCN(c2ncc(C(=O)N3CCCC(N)C3)cn2)CC1.O=C(O)C(F)(F)F. The standard InChI is InChI=1S/C19H33N7O.C2HF3O2/c20-6-2-1-3-7-24-9-11-25(12-10-24)19-22-13-16(14-23-19)18(27)26-8-4-5-17(21)15-26;3-2(4,5)1(6)7/h13-14,17H,1-12,15,20-21H2;(H,6,7). The van der Waals surface area contributed by atoms with Crippen molar-refractivity contribution in [3.8, 4) is 0 Å². The van der Waals surface area contributed by atoms with E-state index in [4.69, 9.17) is 21.4 Å². The van der Waals surface area contributed by atoms with E-state index in [1.807, 2.05) is 4.90 Å². The van der Waals surface area contributed by atoms with Crippen LogP contribution in [-0.2, 0) is 4.79 Å². The maximum atomic E-state index is 12.6. The Morgan fingerprint density at radius 3 is 2.21 bits per heavy atom. The van der Waals surface area contributed by atoms with Gasteiger partial charge in [-0.1, -0.05) is 6.42 Å². The highest BCUT2D eigenvalue weighted by Gasteiger charge is 2.38. The average Bonchev–Trinajstić information content (AvgIpc) is 2.82. The van der Waals surface area contributed by atoms with Crippen LogP contribution >= 0.6 is 0 Å². The first kappa shape index (κ1) is 27.7. The van der Waals surface area contributed by atoms with Gasteiger partial charge in [0.2, 0.25) is 5.95 Å². The molecule has 10 nitrogen and oxygen atoms in total. The van der Waals surface area contributed by atoms with Gasteiger partial charge in [-0.15, -0.1) is 0 Å². The lowest BCUT2D eigenvalue weighted by Crippen LogP contribution is -2.47. The molecule has 3 rings (SSSR count). The lowest BCUT2D eigenvalue weighted by molar-refractivity contribution is -0.192. The molecule has 2 saturated heterocycles. The van der Waals surface area contributed by atoms with Crippen molar-refractivity contribution in [3.05, 3.63) is 18.0 Å². The number of aromatic nitrogens is 2. The molecule has 192 valence electrons. The zero-order valence-corrected chi connectivity index (χ0v) is 19.2. The van der Waals surface area contributed by atoms with Crippen molar-refractivity contribution >= 4 is 17.8 Å². The fourth-order valence-corrected chi connectivity index (χ4v) is 3.80. The van der Waals surface area contributed by atoms with Crippen molar-refractivity contribution in [1.82, 2.24) is 19.8 Å². The van der Waals surface area contributed by atoms with Crippen LogP contribution in [0.15, 0.2) is 12.4 Å². The summed E-state index contributed by atoms with van der Waals surface area (Å²) in [6.45, 7) is 7.20. The van der Waals surface area contributed by atoms with E-state index in [2.05, 4.69) is 19.8 Å². The van der Waals surface area contributed by atoms with Gasteiger partial charge in [-0.3, -0.25) is 9.69 Å². The third kappa shape index (κ3) is 9.03. The molecule has 1 aromatic rings. The summed E-state index contributed by atoms with van der Waals surface area (Å²) in [4.78, 5) is 36.9. The molecule has 1 amide bonds. The molecule has 34 heavy (non-hydrogen) atoms. The van der Waals surface area contributed by atoms with Gasteiger partial charge < -0.3 is 26.4 Å². The first-order valence-corrected chi connectivity index (χ1v) is 11.5. The molecule has 5 N–H and O–H groups in total. The third-order valence-corrected chi connectivity index (χ3v) is 5.71. The summed E-state index contributed by atoms with van der Waals surface area (Å²) in [6, 6.07) is 0.0782. The number of rotatable bonds is 7.